The summed E-state index contributed by atoms with van der Waals surface area (Å²) in [7, 11) is 0. The number of benzene rings is 1. The standard InChI is InChI=1S/C14H13N3O2S2/c1-14(19,12-3-2-6-20-12)8-15-13(18)9-4-5-10-11(7-9)17-21-16-10/h2-7,19H,8H2,1H3,(H,15,18). The molecule has 2 heterocycles. The molecule has 0 spiro atoms. The number of nitrogens with zero attached hydrogens (tertiary/aromatic N) is 2. The van der Waals surface area contributed by atoms with Crippen LogP contribution in [-0.2, 0) is 5.60 Å². The Morgan fingerprint density at radius 3 is 2.90 bits per heavy atom. The molecule has 0 radical (unpaired) electrons. The van der Waals surface area contributed by atoms with Crippen LogP contribution in [-0.4, -0.2) is 26.3 Å². The fourth-order valence-electron chi connectivity index (χ4n) is 1.95. The van der Waals surface area contributed by atoms with E-state index in [1.165, 1.54) is 11.3 Å². The third-order valence-electron chi connectivity index (χ3n) is 3.16. The summed E-state index contributed by atoms with van der Waals surface area (Å²) in [6.07, 6.45) is 0. The van der Waals surface area contributed by atoms with E-state index in [9.17, 15) is 9.90 Å². The highest BCUT2D eigenvalue weighted by atomic mass is 32.1. The number of rotatable bonds is 4. The van der Waals surface area contributed by atoms with Gasteiger partial charge in [0.1, 0.15) is 16.6 Å². The van der Waals surface area contributed by atoms with Crippen LogP contribution >= 0.6 is 23.1 Å². The van der Waals surface area contributed by atoms with Crippen LogP contribution in [0.3, 0.4) is 0 Å². The van der Waals surface area contributed by atoms with Gasteiger partial charge in [-0.25, -0.2) is 0 Å². The van der Waals surface area contributed by atoms with Gasteiger partial charge in [-0.2, -0.15) is 8.75 Å². The Morgan fingerprint density at radius 2 is 2.14 bits per heavy atom. The molecule has 1 aromatic carbocycles. The van der Waals surface area contributed by atoms with Crippen molar-refractivity contribution in [3.8, 4) is 0 Å². The van der Waals surface area contributed by atoms with Gasteiger partial charge in [0.05, 0.1) is 18.3 Å². The normalized spacial score (nSPS) is 14.0. The average Bonchev–Trinajstić information content (AvgIpc) is 3.14. The van der Waals surface area contributed by atoms with Crippen LogP contribution < -0.4 is 5.32 Å². The average molecular weight is 319 g/mol. The predicted octanol–water partition coefficient (Wildman–Crippen LogP) is 2.39. The van der Waals surface area contributed by atoms with Crippen LogP contribution in [0.25, 0.3) is 11.0 Å². The zero-order valence-electron chi connectivity index (χ0n) is 11.2. The number of fused-ring (bicyclic) bond motifs is 1. The van der Waals surface area contributed by atoms with Gasteiger partial charge in [-0.15, -0.1) is 11.3 Å². The molecular weight excluding hydrogens is 306 g/mol. The molecule has 2 N–H and O–H groups in total. The van der Waals surface area contributed by atoms with Crippen molar-refractivity contribution < 1.29 is 9.90 Å². The van der Waals surface area contributed by atoms with Gasteiger partial charge in [-0.05, 0) is 36.6 Å². The zero-order valence-corrected chi connectivity index (χ0v) is 12.9. The molecule has 3 rings (SSSR count). The van der Waals surface area contributed by atoms with Gasteiger partial charge in [0, 0.05) is 10.4 Å². The molecule has 0 saturated carbocycles. The summed E-state index contributed by atoms with van der Waals surface area (Å²) >= 11 is 2.58. The number of carbonyl (C=O) groups excluding carboxylic acids is 1. The third-order valence-corrected chi connectivity index (χ3v) is 4.84. The second-order valence-corrected chi connectivity index (χ2v) is 6.38. The smallest absolute Gasteiger partial charge is 0.251 e. The van der Waals surface area contributed by atoms with E-state index in [0.29, 0.717) is 11.1 Å². The minimum Gasteiger partial charge on any atom is -0.383 e. The Balaban J connectivity index is 1.71. The van der Waals surface area contributed by atoms with Gasteiger partial charge in [0.2, 0.25) is 0 Å². The molecule has 21 heavy (non-hydrogen) atoms. The molecule has 7 heteroatoms. The molecule has 1 unspecified atom stereocenters. The Morgan fingerprint density at radius 1 is 1.33 bits per heavy atom. The monoisotopic (exact) mass is 319 g/mol. The van der Waals surface area contributed by atoms with E-state index >= 15 is 0 Å². The number of carbonyl (C=O) groups is 1. The van der Waals surface area contributed by atoms with Crippen molar-refractivity contribution in [3.63, 3.8) is 0 Å². The molecule has 0 saturated heterocycles. The molecule has 0 aliphatic carbocycles. The van der Waals surface area contributed by atoms with Crippen LogP contribution in [0.15, 0.2) is 35.7 Å². The van der Waals surface area contributed by atoms with Crippen LogP contribution in [0, 0.1) is 0 Å². The zero-order chi connectivity index (χ0) is 14.9. The summed E-state index contributed by atoms with van der Waals surface area (Å²) < 4.78 is 8.21. The van der Waals surface area contributed by atoms with Gasteiger partial charge in [-0.1, -0.05) is 6.07 Å². The molecular formula is C14H13N3O2S2. The molecule has 1 amide bonds. The summed E-state index contributed by atoms with van der Waals surface area (Å²) in [6, 6.07) is 8.90. The minimum absolute atomic E-state index is 0.152. The number of thiophene rings is 1. The fraction of sp³-hybridized carbons (Fsp3) is 0.214. The van der Waals surface area contributed by atoms with Crippen molar-refractivity contribution in [2.75, 3.05) is 6.54 Å². The Hall–Kier alpha value is -1.83. The lowest BCUT2D eigenvalue weighted by molar-refractivity contribution is 0.0557. The summed E-state index contributed by atoms with van der Waals surface area (Å²) in [6.45, 7) is 1.84. The lowest BCUT2D eigenvalue weighted by Gasteiger charge is -2.22. The number of amides is 1. The first-order chi connectivity index (χ1) is 10.1. The second-order valence-electron chi connectivity index (χ2n) is 4.90. The van der Waals surface area contributed by atoms with E-state index in [1.54, 1.807) is 25.1 Å². The molecule has 2 aromatic heterocycles. The number of hydrogen-bond acceptors (Lipinski definition) is 6. The van der Waals surface area contributed by atoms with Crippen molar-refractivity contribution in [2.45, 2.75) is 12.5 Å². The molecule has 5 nitrogen and oxygen atoms in total. The maximum Gasteiger partial charge on any atom is 0.251 e. The van der Waals surface area contributed by atoms with Crippen LogP contribution in [0.1, 0.15) is 22.2 Å². The first-order valence-corrected chi connectivity index (χ1v) is 7.94. The van der Waals surface area contributed by atoms with Crippen molar-refractivity contribution in [3.05, 3.63) is 46.2 Å². The van der Waals surface area contributed by atoms with Gasteiger partial charge >= 0.3 is 0 Å². The highest BCUT2D eigenvalue weighted by Gasteiger charge is 2.25. The van der Waals surface area contributed by atoms with Gasteiger partial charge in [0.15, 0.2) is 0 Å². The van der Waals surface area contributed by atoms with Gasteiger partial charge in [-0.3, -0.25) is 4.79 Å². The molecule has 3 aromatic rings. The largest absolute Gasteiger partial charge is 0.383 e. The second kappa shape index (κ2) is 5.51. The predicted molar refractivity (Wildman–Crippen MR) is 83.6 cm³/mol. The summed E-state index contributed by atoms with van der Waals surface area (Å²) in [5.74, 6) is -0.235. The topological polar surface area (TPSA) is 75.1 Å². The van der Waals surface area contributed by atoms with E-state index in [4.69, 9.17) is 0 Å². The maximum atomic E-state index is 12.2. The van der Waals surface area contributed by atoms with Crippen molar-refractivity contribution in [1.29, 1.82) is 0 Å². The minimum atomic E-state index is -1.07. The van der Waals surface area contributed by atoms with Crippen molar-refractivity contribution in [1.82, 2.24) is 14.1 Å². The highest BCUT2D eigenvalue weighted by molar-refractivity contribution is 7.10. The summed E-state index contributed by atoms with van der Waals surface area (Å²) in [4.78, 5) is 13.0. The number of aromatic nitrogens is 2. The molecule has 1 atom stereocenters. The van der Waals surface area contributed by atoms with Gasteiger partial charge < -0.3 is 10.4 Å². The van der Waals surface area contributed by atoms with Crippen molar-refractivity contribution in [2.24, 2.45) is 0 Å². The van der Waals surface area contributed by atoms with E-state index < -0.39 is 5.60 Å². The highest BCUT2D eigenvalue weighted by Crippen LogP contribution is 2.24. The quantitative estimate of drug-likeness (QED) is 0.774. The Labute approximate surface area is 129 Å². The number of aliphatic hydroxyl groups is 1. The lowest BCUT2D eigenvalue weighted by Crippen LogP contribution is -2.38. The Kier molecular flexibility index (Phi) is 3.71. The number of nitrogens with one attached hydrogen (secondary N) is 1. The van der Waals surface area contributed by atoms with Crippen LogP contribution in [0.5, 0.6) is 0 Å². The van der Waals surface area contributed by atoms with Gasteiger partial charge in [0.25, 0.3) is 5.91 Å². The van der Waals surface area contributed by atoms with Crippen molar-refractivity contribution >= 4 is 40.0 Å². The SMILES string of the molecule is CC(O)(CNC(=O)c1ccc2nsnc2c1)c1cccs1. The van der Waals surface area contributed by atoms with E-state index in [0.717, 1.165) is 22.1 Å². The first kappa shape index (κ1) is 14.1. The first-order valence-electron chi connectivity index (χ1n) is 6.33. The van der Waals surface area contributed by atoms with E-state index in [2.05, 4.69) is 14.1 Å². The lowest BCUT2D eigenvalue weighted by atomic mass is 10.0. The maximum absolute atomic E-state index is 12.2. The number of hydrogen-bond donors (Lipinski definition) is 2. The molecule has 0 fully saturated rings. The van der Waals surface area contributed by atoms with E-state index in [1.807, 2.05) is 17.5 Å². The van der Waals surface area contributed by atoms with Crippen LogP contribution in [0.4, 0.5) is 0 Å². The molecule has 0 aliphatic heterocycles. The summed E-state index contributed by atoms with van der Waals surface area (Å²) in [5, 5.41) is 15.0. The van der Waals surface area contributed by atoms with E-state index in [-0.39, 0.29) is 12.5 Å². The third kappa shape index (κ3) is 2.94. The van der Waals surface area contributed by atoms with Crippen LogP contribution in [0.2, 0.25) is 0 Å². The Bertz CT molecular complexity index is 765. The molecule has 0 aliphatic rings. The summed E-state index contributed by atoms with van der Waals surface area (Å²) in [5.41, 5.74) is 0.924. The fourth-order valence-corrected chi connectivity index (χ4v) is 3.25. The molecule has 0 bridgehead atoms. The molecule has 108 valence electrons.